The number of hydrogen-bond acceptors (Lipinski definition) is 4. The fraction of sp³-hybridized carbons (Fsp3) is 0.933. The van der Waals surface area contributed by atoms with Gasteiger partial charge in [0, 0.05) is 46.4 Å². The summed E-state index contributed by atoms with van der Waals surface area (Å²) in [6.45, 7) is 1.15. The molecule has 1 aliphatic heterocycles. The number of piperidine rings is 1. The van der Waals surface area contributed by atoms with Gasteiger partial charge in [-0.15, -0.1) is 24.0 Å². The Bertz CT molecular complexity index is 604. The first-order valence-corrected chi connectivity index (χ1v) is 10.1. The van der Waals surface area contributed by atoms with E-state index in [4.69, 9.17) is 4.74 Å². The van der Waals surface area contributed by atoms with Gasteiger partial charge < -0.3 is 15.4 Å². The van der Waals surface area contributed by atoms with Crippen LogP contribution in [0.4, 0.5) is 13.2 Å². The molecule has 1 heterocycles. The third-order valence-corrected chi connectivity index (χ3v) is 6.71. The van der Waals surface area contributed by atoms with Gasteiger partial charge in [0.15, 0.2) is 5.96 Å². The van der Waals surface area contributed by atoms with Crippen molar-refractivity contribution in [2.75, 3.05) is 40.4 Å². The molecule has 2 N–H and O–H groups in total. The number of guanidine groups is 1. The molecular formula is C15H28F3IN4O3S. The Hall–Kier alpha value is -0.340. The van der Waals surface area contributed by atoms with Crippen LogP contribution in [0.5, 0.6) is 0 Å². The van der Waals surface area contributed by atoms with Crippen LogP contribution < -0.4 is 10.6 Å². The molecule has 0 radical (unpaired) electrons. The Labute approximate surface area is 175 Å². The quantitative estimate of drug-likeness (QED) is 0.300. The van der Waals surface area contributed by atoms with Crippen LogP contribution in [0, 0.1) is 5.41 Å². The first kappa shape index (κ1) is 24.7. The van der Waals surface area contributed by atoms with Gasteiger partial charge in [0.25, 0.3) is 0 Å². The lowest BCUT2D eigenvalue weighted by molar-refractivity contribution is -0.0494. The van der Waals surface area contributed by atoms with E-state index in [9.17, 15) is 21.6 Å². The highest BCUT2D eigenvalue weighted by Gasteiger charge is 2.50. The van der Waals surface area contributed by atoms with Crippen molar-refractivity contribution in [1.82, 2.24) is 14.9 Å². The van der Waals surface area contributed by atoms with Crippen LogP contribution in [0.2, 0.25) is 0 Å². The molecule has 2 fully saturated rings. The maximum Gasteiger partial charge on any atom is 0.511 e. The van der Waals surface area contributed by atoms with Crippen LogP contribution in [-0.4, -0.2) is 70.6 Å². The van der Waals surface area contributed by atoms with Gasteiger partial charge in [0.1, 0.15) is 0 Å². The Morgan fingerprint density at radius 3 is 2.33 bits per heavy atom. The summed E-state index contributed by atoms with van der Waals surface area (Å²) >= 11 is 0. The average molecular weight is 528 g/mol. The number of ether oxygens (including phenoxy) is 1. The number of aliphatic imine (C=N–C) groups is 1. The first-order valence-electron chi connectivity index (χ1n) is 8.66. The SMILES string of the molecule is CN=C(NCC1(CCOC)CC1)NC1CCN(S(=O)(=O)C(F)(F)F)CC1.I. The first-order chi connectivity index (χ1) is 12.1. The zero-order chi connectivity index (χ0) is 19.4. The topological polar surface area (TPSA) is 83.0 Å². The fourth-order valence-corrected chi connectivity index (χ4v) is 4.04. The minimum atomic E-state index is -5.24. The highest BCUT2D eigenvalue weighted by Crippen LogP contribution is 2.48. The van der Waals surface area contributed by atoms with Crippen molar-refractivity contribution in [3.05, 3.63) is 0 Å². The van der Waals surface area contributed by atoms with Crippen molar-refractivity contribution >= 4 is 40.0 Å². The van der Waals surface area contributed by atoms with Crippen LogP contribution >= 0.6 is 24.0 Å². The van der Waals surface area contributed by atoms with E-state index in [1.165, 1.54) is 0 Å². The van der Waals surface area contributed by atoms with Crippen molar-refractivity contribution < 1.29 is 26.3 Å². The van der Waals surface area contributed by atoms with Gasteiger partial charge >= 0.3 is 15.5 Å². The van der Waals surface area contributed by atoms with Gasteiger partial charge in [-0.25, -0.2) is 8.42 Å². The molecule has 160 valence electrons. The molecule has 0 unspecified atom stereocenters. The Balaban J connectivity index is 0.00000364. The Morgan fingerprint density at radius 1 is 1.30 bits per heavy atom. The zero-order valence-electron chi connectivity index (χ0n) is 15.5. The molecule has 0 atom stereocenters. The van der Waals surface area contributed by atoms with Crippen LogP contribution in [0.3, 0.4) is 0 Å². The van der Waals surface area contributed by atoms with Crippen LogP contribution in [0.25, 0.3) is 0 Å². The molecule has 7 nitrogen and oxygen atoms in total. The Morgan fingerprint density at radius 2 is 1.89 bits per heavy atom. The van der Waals surface area contributed by atoms with Crippen LogP contribution in [0.1, 0.15) is 32.1 Å². The highest BCUT2D eigenvalue weighted by molar-refractivity contribution is 14.0. The lowest BCUT2D eigenvalue weighted by atomic mass is 10.0. The average Bonchev–Trinajstić information content (AvgIpc) is 3.36. The number of halogens is 4. The van der Waals surface area contributed by atoms with Crippen LogP contribution in [-0.2, 0) is 14.8 Å². The molecule has 0 amide bonds. The molecular weight excluding hydrogens is 500 g/mol. The Kier molecular flexibility index (Phi) is 9.07. The molecule has 2 rings (SSSR count). The third-order valence-electron chi connectivity index (χ3n) is 5.08. The number of nitrogens with one attached hydrogen (secondary N) is 2. The largest absolute Gasteiger partial charge is 0.511 e. The monoisotopic (exact) mass is 528 g/mol. The van der Waals surface area contributed by atoms with E-state index in [-0.39, 0.29) is 48.5 Å². The van der Waals surface area contributed by atoms with E-state index < -0.39 is 15.5 Å². The second-order valence-electron chi connectivity index (χ2n) is 6.94. The van der Waals surface area contributed by atoms with E-state index in [2.05, 4.69) is 15.6 Å². The molecule has 0 aromatic heterocycles. The maximum atomic E-state index is 12.6. The number of rotatable bonds is 7. The predicted octanol–water partition coefficient (Wildman–Crippen LogP) is 1.90. The summed E-state index contributed by atoms with van der Waals surface area (Å²) in [5.74, 6) is 0.589. The number of hydrogen-bond donors (Lipinski definition) is 2. The van der Waals surface area contributed by atoms with E-state index in [1.54, 1.807) is 14.2 Å². The normalized spacial score (nSPS) is 21.4. The summed E-state index contributed by atoms with van der Waals surface area (Å²) in [7, 11) is -1.93. The summed E-state index contributed by atoms with van der Waals surface area (Å²) in [6.07, 6.45) is 3.83. The highest BCUT2D eigenvalue weighted by atomic mass is 127. The van der Waals surface area contributed by atoms with Gasteiger partial charge in [-0.2, -0.15) is 17.5 Å². The number of methoxy groups -OCH3 is 1. The second kappa shape index (κ2) is 9.92. The smallest absolute Gasteiger partial charge is 0.385 e. The number of alkyl halides is 3. The third kappa shape index (κ3) is 6.60. The minimum absolute atomic E-state index is 0. The summed E-state index contributed by atoms with van der Waals surface area (Å²) < 4.78 is 66.3. The predicted molar refractivity (Wildman–Crippen MR) is 108 cm³/mol. The van der Waals surface area contributed by atoms with Crippen molar-refractivity contribution in [2.45, 2.75) is 43.7 Å². The van der Waals surface area contributed by atoms with E-state index in [0.29, 0.717) is 29.7 Å². The standard InChI is InChI=1S/C15H27F3N4O3S.HI/c1-19-13(20-11-14(5-6-14)7-10-25-2)21-12-3-8-22(9-4-12)26(23,24)15(16,17)18;/h12H,3-11H2,1-2H3,(H2,19,20,21);1H. The van der Waals surface area contributed by atoms with Crippen molar-refractivity contribution in [3.63, 3.8) is 0 Å². The molecule has 1 aliphatic carbocycles. The van der Waals surface area contributed by atoms with E-state index in [0.717, 1.165) is 25.8 Å². The number of sulfonamides is 1. The van der Waals surface area contributed by atoms with E-state index in [1.807, 2.05) is 0 Å². The summed E-state index contributed by atoms with van der Waals surface area (Å²) in [5.41, 5.74) is -5.01. The lowest BCUT2D eigenvalue weighted by Gasteiger charge is -2.32. The van der Waals surface area contributed by atoms with Gasteiger partial charge in [0.2, 0.25) is 0 Å². The molecule has 0 spiro atoms. The van der Waals surface area contributed by atoms with Gasteiger partial charge in [0.05, 0.1) is 0 Å². The van der Waals surface area contributed by atoms with Gasteiger partial charge in [-0.05, 0) is 37.5 Å². The summed E-state index contributed by atoms with van der Waals surface area (Å²) in [6, 6.07) is -0.116. The van der Waals surface area contributed by atoms with Crippen molar-refractivity contribution in [1.29, 1.82) is 0 Å². The summed E-state index contributed by atoms with van der Waals surface area (Å²) in [5, 5.41) is 6.44. The second-order valence-corrected chi connectivity index (χ2v) is 8.87. The number of nitrogens with zero attached hydrogens (tertiary/aromatic N) is 2. The molecule has 1 saturated carbocycles. The summed E-state index contributed by atoms with van der Waals surface area (Å²) in [4.78, 5) is 4.15. The molecule has 2 aliphatic rings. The molecule has 1 saturated heterocycles. The molecule has 27 heavy (non-hydrogen) atoms. The zero-order valence-corrected chi connectivity index (χ0v) is 18.7. The molecule has 0 aromatic carbocycles. The maximum absolute atomic E-state index is 12.6. The van der Waals surface area contributed by atoms with E-state index >= 15 is 0 Å². The lowest BCUT2D eigenvalue weighted by Crippen LogP contribution is -2.52. The fourth-order valence-electron chi connectivity index (χ4n) is 3.06. The molecule has 0 bridgehead atoms. The van der Waals surface area contributed by atoms with Gasteiger partial charge in [-0.3, -0.25) is 4.99 Å². The molecule has 12 heteroatoms. The minimum Gasteiger partial charge on any atom is -0.385 e. The van der Waals surface area contributed by atoms with Gasteiger partial charge in [-0.1, -0.05) is 0 Å². The van der Waals surface area contributed by atoms with Crippen LogP contribution in [0.15, 0.2) is 4.99 Å². The van der Waals surface area contributed by atoms with Crippen molar-refractivity contribution in [2.24, 2.45) is 10.4 Å². The molecule has 0 aromatic rings. The van der Waals surface area contributed by atoms with Crippen molar-refractivity contribution in [3.8, 4) is 0 Å².